The largest absolute Gasteiger partial charge is 0.503 e. The van der Waals surface area contributed by atoms with Gasteiger partial charge in [-0.3, -0.25) is 14.5 Å². The van der Waals surface area contributed by atoms with Crippen LogP contribution in [0.25, 0.3) is 0 Å². The molecule has 1 unspecified atom stereocenters. The molecule has 0 radical (unpaired) electrons. The first-order valence-electron chi connectivity index (χ1n) is 9.71. The number of hydrogen-bond acceptors (Lipinski definition) is 6. The summed E-state index contributed by atoms with van der Waals surface area (Å²) in [5, 5.41) is 10.6. The van der Waals surface area contributed by atoms with Gasteiger partial charge in [-0.2, -0.15) is 0 Å². The van der Waals surface area contributed by atoms with Crippen LogP contribution in [0.1, 0.15) is 31.9 Å². The van der Waals surface area contributed by atoms with E-state index in [0.717, 1.165) is 0 Å². The minimum Gasteiger partial charge on any atom is -0.503 e. The number of nitrogens with zero attached hydrogens (tertiary/aromatic N) is 1. The molecule has 0 saturated carbocycles. The number of ketones is 1. The van der Waals surface area contributed by atoms with Gasteiger partial charge >= 0.3 is 0 Å². The van der Waals surface area contributed by atoms with E-state index >= 15 is 0 Å². The summed E-state index contributed by atoms with van der Waals surface area (Å²) in [6.07, 6.45) is 0.160. The summed E-state index contributed by atoms with van der Waals surface area (Å²) >= 11 is 0. The summed E-state index contributed by atoms with van der Waals surface area (Å²) in [4.78, 5) is 27.1. The molecule has 2 aromatic rings. The van der Waals surface area contributed by atoms with Crippen molar-refractivity contribution in [1.82, 2.24) is 0 Å². The summed E-state index contributed by atoms with van der Waals surface area (Å²) < 4.78 is 16.1. The second kappa shape index (κ2) is 8.90. The number of methoxy groups -OCH3 is 2. The maximum Gasteiger partial charge on any atom is 0.294 e. The van der Waals surface area contributed by atoms with Gasteiger partial charge in [0, 0.05) is 12.1 Å². The molecular weight excluding hydrogens is 386 g/mol. The molecule has 0 fully saturated rings. The van der Waals surface area contributed by atoms with Crippen molar-refractivity contribution in [2.75, 3.05) is 25.7 Å². The lowest BCUT2D eigenvalue weighted by atomic mass is 9.94. The molecule has 1 aliphatic heterocycles. The Morgan fingerprint density at radius 2 is 1.70 bits per heavy atom. The molecule has 1 amide bonds. The molecule has 1 heterocycles. The van der Waals surface area contributed by atoms with Crippen LogP contribution in [-0.2, 0) is 9.59 Å². The molecule has 1 atom stereocenters. The Balaban J connectivity index is 2.14. The van der Waals surface area contributed by atoms with Gasteiger partial charge in [-0.05, 0) is 48.9 Å². The van der Waals surface area contributed by atoms with Crippen molar-refractivity contribution in [2.45, 2.75) is 26.3 Å². The van der Waals surface area contributed by atoms with E-state index in [1.165, 1.54) is 19.1 Å². The fourth-order valence-corrected chi connectivity index (χ4v) is 3.55. The maximum absolute atomic E-state index is 13.0. The fourth-order valence-electron chi connectivity index (χ4n) is 3.55. The zero-order chi connectivity index (χ0) is 21.8. The third-order valence-corrected chi connectivity index (χ3v) is 4.98. The SMILES string of the molecule is CCOc1ccc(N2C(=O)C(O)=C(C(=O)CC)C2c2ccc(OC)c(OC)c2)cc1. The van der Waals surface area contributed by atoms with Gasteiger partial charge in [0.2, 0.25) is 0 Å². The Morgan fingerprint density at radius 3 is 2.27 bits per heavy atom. The molecule has 0 bridgehead atoms. The molecule has 3 rings (SSSR count). The number of amides is 1. The first kappa shape index (κ1) is 21.2. The van der Waals surface area contributed by atoms with E-state index in [1.54, 1.807) is 49.4 Å². The number of rotatable bonds is 8. The van der Waals surface area contributed by atoms with E-state index in [9.17, 15) is 14.7 Å². The molecular formula is C23H25NO6. The molecule has 7 heteroatoms. The highest BCUT2D eigenvalue weighted by Gasteiger charge is 2.44. The van der Waals surface area contributed by atoms with Gasteiger partial charge < -0.3 is 19.3 Å². The number of aliphatic hydroxyl groups is 1. The van der Waals surface area contributed by atoms with E-state index < -0.39 is 17.7 Å². The van der Waals surface area contributed by atoms with Gasteiger partial charge in [0.25, 0.3) is 5.91 Å². The summed E-state index contributed by atoms with van der Waals surface area (Å²) in [5.41, 5.74) is 1.23. The molecule has 158 valence electrons. The number of Topliss-reactive ketones (excluding diaryl/α,β-unsaturated/α-hetero) is 1. The lowest BCUT2D eigenvalue weighted by Crippen LogP contribution is -2.31. The van der Waals surface area contributed by atoms with Crippen LogP contribution in [0.4, 0.5) is 5.69 Å². The highest BCUT2D eigenvalue weighted by atomic mass is 16.5. The Bertz CT molecular complexity index is 980. The standard InChI is InChI=1S/C23H25NO6/c1-5-17(25)20-21(14-7-12-18(28-3)19(13-14)29-4)24(23(27)22(20)26)15-8-10-16(11-9-15)30-6-2/h7-13,21,26H,5-6H2,1-4H3. The van der Waals surface area contributed by atoms with Crippen molar-refractivity contribution in [3.8, 4) is 17.2 Å². The van der Waals surface area contributed by atoms with Crippen molar-refractivity contribution >= 4 is 17.4 Å². The van der Waals surface area contributed by atoms with Gasteiger partial charge in [-0.15, -0.1) is 0 Å². The Morgan fingerprint density at radius 1 is 1.03 bits per heavy atom. The number of anilines is 1. The first-order chi connectivity index (χ1) is 14.5. The predicted octanol–water partition coefficient (Wildman–Crippen LogP) is 3.98. The average molecular weight is 411 g/mol. The Kier molecular flexibility index (Phi) is 6.30. The van der Waals surface area contributed by atoms with E-state index in [-0.39, 0.29) is 17.8 Å². The van der Waals surface area contributed by atoms with Crippen LogP contribution in [0.5, 0.6) is 17.2 Å². The summed E-state index contributed by atoms with van der Waals surface area (Å²) in [7, 11) is 3.04. The summed E-state index contributed by atoms with van der Waals surface area (Å²) in [5.74, 6) is 0.191. The zero-order valence-corrected chi connectivity index (χ0v) is 17.5. The third kappa shape index (κ3) is 3.70. The summed E-state index contributed by atoms with van der Waals surface area (Å²) in [6, 6.07) is 11.3. The van der Waals surface area contributed by atoms with E-state index in [2.05, 4.69) is 0 Å². The molecule has 30 heavy (non-hydrogen) atoms. The molecule has 1 N–H and O–H groups in total. The van der Waals surface area contributed by atoms with Crippen molar-refractivity contribution in [2.24, 2.45) is 0 Å². The fraction of sp³-hybridized carbons (Fsp3) is 0.304. The van der Waals surface area contributed by atoms with Crippen LogP contribution in [0, 0.1) is 0 Å². The maximum atomic E-state index is 13.0. The monoisotopic (exact) mass is 411 g/mol. The van der Waals surface area contributed by atoms with Crippen LogP contribution >= 0.6 is 0 Å². The smallest absolute Gasteiger partial charge is 0.294 e. The first-order valence-corrected chi connectivity index (χ1v) is 9.71. The van der Waals surface area contributed by atoms with E-state index in [1.807, 2.05) is 6.92 Å². The number of carbonyl (C=O) groups is 2. The van der Waals surface area contributed by atoms with Crippen LogP contribution in [0.2, 0.25) is 0 Å². The van der Waals surface area contributed by atoms with E-state index in [4.69, 9.17) is 14.2 Å². The number of ether oxygens (including phenoxy) is 3. The zero-order valence-electron chi connectivity index (χ0n) is 17.5. The van der Waals surface area contributed by atoms with E-state index in [0.29, 0.717) is 35.1 Å². The van der Waals surface area contributed by atoms with Crippen LogP contribution < -0.4 is 19.1 Å². The van der Waals surface area contributed by atoms with Crippen molar-refractivity contribution < 1.29 is 28.9 Å². The molecule has 0 spiro atoms. The number of carbonyl (C=O) groups excluding carboxylic acids is 2. The van der Waals surface area contributed by atoms with Crippen molar-refractivity contribution in [1.29, 1.82) is 0 Å². The minimum atomic E-state index is -0.789. The molecule has 2 aromatic carbocycles. The Labute approximate surface area is 175 Å². The third-order valence-electron chi connectivity index (χ3n) is 4.98. The molecule has 1 aliphatic rings. The van der Waals surface area contributed by atoms with Crippen LogP contribution in [0.15, 0.2) is 53.8 Å². The van der Waals surface area contributed by atoms with Gasteiger partial charge in [0.05, 0.1) is 32.4 Å². The number of hydrogen-bond donors (Lipinski definition) is 1. The molecule has 0 aromatic heterocycles. The normalized spacial score (nSPS) is 16.1. The van der Waals surface area contributed by atoms with Gasteiger partial charge in [-0.1, -0.05) is 13.0 Å². The predicted molar refractivity (Wildman–Crippen MR) is 112 cm³/mol. The highest BCUT2D eigenvalue weighted by Crippen LogP contribution is 2.43. The second-order valence-electron chi connectivity index (χ2n) is 6.66. The second-order valence-corrected chi connectivity index (χ2v) is 6.66. The van der Waals surface area contributed by atoms with Crippen molar-refractivity contribution in [3.05, 3.63) is 59.4 Å². The highest BCUT2D eigenvalue weighted by molar-refractivity contribution is 6.16. The van der Waals surface area contributed by atoms with Crippen molar-refractivity contribution in [3.63, 3.8) is 0 Å². The summed E-state index contributed by atoms with van der Waals surface area (Å²) in [6.45, 7) is 4.10. The molecule has 0 aliphatic carbocycles. The number of aliphatic hydroxyl groups excluding tert-OH is 1. The topological polar surface area (TPSA) is 85.3 Å². The lowest BCUT2D eigenvalue weighted by molar-refractivity contribution is -0.118. The van der Waals surface area contributed by atoms with Gasteiger partial charge in [-0.25, -0.2) is 0 Å². The average Bonchev–Trinajstić information content (AvgIpc) is 3.04. The number of benzene rings is 2. The lowest BCUT2D eigenvalue weighted by Gasteiger charge is -2.27. The Hall–Kier alpha value is -3.48. The molecule has 0 saturated heterocycles. The quantitative estimate of drug-likeness (QED) is 0.707. The van der Waals surface area contributed by atoms with Crippen LogP contribution in [-0.4, -0.2) is 37.6 Å². The van der Waals surface area contributed by atoms with Gasteiger partial charge in [0.15, 0.2) is 23.0 Å². The van der Waals surface area contributed by atoms with Crippen LogP contribution in [0.3, 0.4) is 0 Å². The molecule has 7 nitrogen and oxygen atoms in total. The van der Waals surface area contributed by atoms with Gasteiger partial charge in [0.1, 0.15) is 5.75 Å². The minimum absolute atomic E-state index is 0.0728.